The summed E-state index contributed by atoms with van der Waals surface area (Å²) >= 11 is 0.526. The van der Waals surface area contributed by atoms with Gasteiger partial charge in [0.25, 0.3) is 0 Å². The number of rotatable bonds is 3. The van der Waals surface area contributed by atoms with Gasteiger partial charge in [-0.2, -0.15) is 0 Å². The quantitative estimate of drug-likeness (QED) is 0.686. The van der Waals surface area contributed by atoms with E-state index in [0.717, 1.165) is 4.73 Å². The van der Waals surface area contributed by atoms with E-state index < -0.39 is 0 Å². The SMILES string of the molecule is CCCC[C@@H]1C[Se]C(N)=N1. The number of unbranched alkanes of at least 4 members (excludes halogenated alkanes) is 1. The predicted octanol–water partition coefficient (Wildman–Crippen LogP) is 0.996. The second kappa shape index (κ2) is 3.99. The molecule has 2 nitrogen and oxygen atoms in total. The summed E-state index contributed by atoms with van der Waals surface area (Å²) in [5.74, 6) is 0. The molecule has 0 saturated heterocycles. The molecule has 1 aliphatic rings. The number of amidine groups is 1. The van der Waals surface area contributed by atoms with Crippen LogP contribution in [0.1, 0.15) is 26.2 Å². The van der Waals surface area contributed by atoms with E-state index in [0.29, 0.717) is 21.0 Å². The molecule has 1 heterocycles. The summed E-state index contributed by atoms with van der Waals surface area (Å²) < 4.78 is 0.925. The first-order valence-corrected chi connectivity index (χ1v) is 5.85. The van der Waals surface area contributed by atoms with Crippen LogP contribution in [0.15, 0.2) is 4.99 Å². The van der Waals surface area contributed by atoms with Crippen LogP contribution in [0.3, 0.4) is 0 Å². The van der Waals surface area contributed by atoms with Gasteiger partial charge in [0.15, 0.2) is 0 Å². The van der Waals surface area contributed by atoms with Gasteiger partial charge in [-0.1, -0.05) is 0 Å². The normalized spacial score (nSPS) is 24.9. The van der Waals surface area contributed by atoms with Crippen molar-refractivity contribution in [2.75, 3.05) is 0 Å². The Morgan fingerprint density at radius 3 is 3.10 bits per heavy atom. The van der Waals surface area contributed by atoms with Crippen molar-refractivity contribution in [3.8, 4) is 0 Å². The van der Waals surface area contributed by atoms with Crippen LogP contribution in [0.4, 0.5) is 0 Å². The maximum absolute atomic E-state index is 5.57. The van der Waals surface area contributed by atoms with Gasteiger partial charge >= 0.3 is 68.0 Å². The van der Waals surface area contributed by atoms with Crippen molar-refractivity contribution >= 4 is 19.7 Å². The summed E-state index contributed by atoms with van der Waals surface area (Å²) in [5, 5.41) is 1.25. The molecule has 0 aromatic carbocycles. The van der Waals surface area contributed by atoms with Gasteiger partial charge in [-0.05, 0) is 0 Å². The van der Waals surface area contributed by atoms with E-state index in [1.807, 2.05) is 0 Å². The van der Waals surface area contributed by atoms with Crippen LogP contribution in [0.25, 0.3) is 0 Å². The molecule has 58 valence electrons. The fourth-order valence-corrected chi connectivity index (χ4v) is 2.76. The van der Waals surface area contributed by atoms with Gasteiger partial charge in [0.05, 0.1) is 0 Å². The summed E-state index contributed by atoms with van der Waals surface area (Å²) in [4.78, 5) is 4.35. The van der Waals surface area contributed by atoms with Gasteiger partial charge in [0.1, 0.15) is 0 Å². The molecule has 0 radical (unpaired) electrons. The Balaban J connectivity index is 2.18. The Bertz CT molecular complexity index is 134. The van der Waals surface area contributed by atoms with Crippen LogP contribution >= 0.6 is 0 Å². The molecule has 0 amide bonds. The van der Waals surface area contributed by atoms with Crippen molar-refractivity contribution in [1.82, 2.24) is 0 Å². The molecule has 3 heteroatoms. The van der Waals surface area contributed by atoms with E-state index in [4.69, 9.17) is 5.73 Å². The molecule has 10 heavy (non-hydrogen) atoms. The van der Waals surface area contributed by atoms with Crippen molar-refractivity contribution in [3.63, 3.8) is 0 Å². The zero-order valence-corrected chi connectivity index (χ0v) is 8.05. The second-order valence-electron chi connectivity index (χ2n) is 2.57. The van der Waals surface area contributed by atoms with Crippen LogP contribution < -0.4 is 5.73 Å². The second-order valence-corrected chi connectivity index (χ2v) is 4.76. The maximum atomic E-state index is 5.57. The van der Waals surface area contributed by atoms with Crippen molar-refractivity contribution in [2.45, 2.75) is 37.5 Å². The van der Waals surface area contributed by atoms with Gasteiger partial charge in [0.2, 0.25) is 0 Å². The Hall–Kier alpha value is -0.0105. The van der Waals surface area contributed by atoms with Crippen molar-refractivity contribution in [1.29, 1.82) is 0 Å². The molecule has 0 aliphatic carbocycles. The van der Waals surface area contributed by atoms with Gasteiger partial charge in [-0.15, -0.1) is 0 Å². The minimum absolute atomic E-state index is 0.526. The first-order valence-electron chi connectivity index (χ1n) is 3.79. The van der Waals surface area contributed by atoms with Crippen LogP contribution in [0.2, 0.25) is 5.32 Å². The van der Waals surface area contributed by atoms with Crippen LogP contribution in [-0.4, -0.2) is 25.7 Å². The van der Waals surface area contributed by atoms with E-state index in [9.17, 15) is 0 Å². The number of hydrogen-bond donors (Lipinski definition) is 1. The van der Waals surface area contributed by atoms with E-state index in [1.165, 1.54) is 24.6 Å². The Kier molecular flexibility index (Phi) is 3.23. The minimum atomic E-state index is 0.526. The summed E-state index contributed by atoms with van der Waals surface area (Å²) in [6, 6.07) is 0.583. The van der Waals surface area contributed by atoms with Crippen molar-refractivity contribution in [3.05, 3.63) is 0 Å². The Labute approximate surface area is 68.4 Å². The molecular weight excluding hydrogens is 191 g/mol. The van der Waals surface area contributed by atoms with Crippen LogP contribution in [-0.2, 0) is 0 Å². The summed E-state index contributed by atoms with van der Waals surface area (Å²) in [6.45, 7) is 2.22. The summed E-state index contributed by atoms with van der Waals surface area (Å²) in [7, 11) is 0. The molecule has 0 aromatic heterocycles. The van der Waals surface area contributed by atoms with Gasteiger partial charge < -0.3 is 0 Å². The molecule has 1 atom stereocenters. The molecule has 0 saturated carbocycles. The topological polar surface area (TPSA) is 38.4 Å². The zero-order chi connectivity index (χ0) is 7.40. The van der Waals surface area contributed by atoms with E-state index in [-0.39, 0.29) is 0 Å². The number of nitrogens with zero attached hydrogens (tertiary/aromatic N) is 1. The molecule has 1 rings (SSSR count). The Morgan fingerprint density at radius 2 is 2.60 bits per heavy atom. The van der Waals surface area contributed by atoms with E-state index >= 15 is 0 Å². The third-order valence-electron chi connectivity index (χ3n) is 1.62. The van der Waals surface area contributed by atoms with Crippen molar-refractivity contribution < 1.29 is 0 Å². The molecule has 1 aliphatic heterocycles. The monoisotopic (exact) mass is 206 g/mol. The number of hydrogen-bond acceptors (Lipinski definition) is 2. The first kappa shape index (κ1) is 8.09. The van der Waals surface area contributed by atoms with Crippen LogP contribution in [0.5, 0.6) is 0 Å². The van der Waals surface area contributed by atoms with Crippen molar-refractivity contribution in [2.24, 2.45) is 10.7 Å². The predicted molar refractivity (Wildman–Crippen MR) is 45.5 cm³/mol. The van der Waals surface area contributed by atoms with E-state index in [1.54, 1.807) is 0 Å². The van der Waals surface area contributed by atoms with Gasteiger partial charge in [0, 0.05) is 0 Å². The molecule has 0 fully saturated rings. The molecule has 2 N–H and O–H groups in total. The molecule has 0 unspecified atom stereocenters. The molecule has 0 spiro atoms. The summed E-state index contributed by atoms with van der Waals surface area (Å²) in [6.07, 6.45) is 3.83. The fourth-order valence-electron chi connectivity index (χ4n) is 1.02. The fraction of sp³-hybridized carbons (Fsp3) is 0.857. The zero-order valence-electron chi connectivity index (χ0n) is 6.34. The average Bonchev–Trinajstić information content (AvgIpc) is 2.31. The number of aliphatic imine (C=N–C) groups is 1. The third-order valence-corrected chi connectivity index (χ3v) is 3.62. The first-order chi connectivity index (χ1) is 4.83. The molecular formula is C7H14N2Se. The number of nitrogens with two attached hydrogens (primary N) is 1. The molecule has 0 bridgehead atoms. The standard InChI is InChI=1S/C7H14N2Se/c1-2-3-4-6-5-10-7(8)9-6/h6H,2-5H2,1H3,(H2,8,9)/t6-/m1/s1. The average molecular weight is 205 g/mol. The van der Waals surface area contributed by atoms with Gasteiger partial charge in [-0.25, -0.2) is 0 Å². The van der Waals surface area contributed by atoms with Gasteiger partial charge in [-0.3, -0.25) is 0 Å². The Morgan fingerprint density at radius 1 is 1.80 bits per heavy atom. The molecule has 0 aromatic rings. The third kappa shape index (κ3) is 2.31. The van der Waals surface area contributed by atoms with Crippen LogP contribution in [0, 0.1) is 0 Å². The van der Waals surface area contributed by atoms with E-state index in [2.05, 4.69) is 11.9 Å². The summed E-state index contributed by atoms with van der Waals surface area (Å²) in [5.41, 5.74) is 5.57.